The summed E-state index contributed by atoms with van der Waals surface area (Å²) in [5.74, 6) is -0.590. The molecule has 134 valence electrons. The van der Waals surface area contributed by atoms with Crippen molar-refractivity contribution in [1.29, 1.82) is 0 Å². The number of amides is 1. The number of ether oxygens (including phenoxy) is 1. The molecule has 26 heavy (non-hydrogen) atoms. The zero-order valence-electron chi connectivity index (χ0n) is 14.4. The minimum absolute atomic E-state index is 0.135. The summed E-state index contributed by atoms with van der Waals surface area (Å²) in [5, 5.41) is 5.58. The Hall–Kier alpha value is -2.93. The van der Waals surface area contributed by atoms with E-state index < -0.39 is 11.9 Å². The lowest BCUT2D eigenvalue weighted by atomic mass is 10.1. The number of nitrogens with zero attached hydrogens (tertiary/aromatic N) is 1. The summed E-state index contributed by atoms with van der Waals surface area (Å²) in [6, 6.07) is 10.4. The van der Waals surface area contributed by atoms with Crippen molar-refractivity contribution in [3.63, 3.8) is 0 Å². The van der Waals surface area contributed by atoms with Crippen molar-refractivity contribution in [3.05, 3.63) is 64.4 Å². The van der Waals surface area contributed by atoms with Crippen LogP contribution in [0.4, 0.5) is 15.9 Å². The molecule has 1 amide bonds. The first-order chi connectivity index (χ1) is 12.5. The van der Waals surface area contributed by atoms with Crippen LogP contribution in [0.25, 0.3) is 0 Å². The van der Waals surface area contributed by atoms with Crippen molar-refractivity contribution >= 4 is 28.7 Å². The molecule has 0 saturated carbocycles. The van der Waals surface area contributed by atoms with Crippen molar-refractivity contribution in [3.8, 4) is 10.8 Å². The maximum absolute atomic E-state index is 13.4. The number of hydrogen-bond donors (Lipinski definition) is 2. The maximum Gasteiger partial charge on any atom is 0.259 e. The molecular weight excluding hydrogens is 353 g/mol. The number of carbonyl (C=O) groups is 1. The summed E-state index contributed by atoms with van der Waals surface area (Å²) in [5.41, 5.74) is 7.77. The van der Waals surface area contributed by atoms with E-state index in [0.717, 1.165) is 17.0 Å². The summed E-state index contributed by atoms with van der Waals surface area (Å²) in [6.07, 6.45) is 0.902. The molecule has 0 atom stereocenters. The van der Waals surface area contributed by atoms with E-state index in [1.165, 1.54) is 13.0 Å². The average molecular weight is 371 g/mol. The molecule has 0 aliphatic rings. The van der Waals surface area contributed by atoms with Crippen molar-refractivity contribution in [1.82, 2.24) is 4.98 Å². The molecule has 0 radical (unpaired) electrons. The fraction of sp³-hybridized carbons (Fsp3) is 0.158. The van der Waals surface area contributed by atoms with Crippen LogP contribution in [0.3, 0.4) is 0 Å². The van der Waals surface area contributed by atoms with E-state index in [2.05, 4.69) is 17.2 Å². The molecule has 7 heteroatoms. The molecule has 0 aliphatic heterocycles. The summed E-state index contributed by atoms with van der Waals surface area (Å²) >= 11 is 1.54. The zero-order valence-corrected chi connectivity index (χ0v) is 15.2. The Balaban J connectivity index is 1.71. The second-order valence-corrected chi connectivity index (χ2v) is 6.57. The molecule has 2 aromatic heterocycles. The number of benzene rings is 1. The number of anilines is 2. The lowest BCUT2D eigenvalue weighted by molar-refractivity contribution is 0.102. The Morgan fingerprint density at radius 3 is 2.73 bits per heavy atom. The predicted molar refractivity (Wildman–Crippen MR) is 102 cm³/mol. The van der Waals surface area contributed by atoms with Gasteiger partial charge < -0.3 is 15.8 Å². The first kappa shape index (κ1) is 17.9. The van der Waals surface area contributed by atoms with Crippen LogP contribution < -0.4 is 15.8 Å². The number of rotatable bonds is 5. The molecule has 3 aromatic rings. The number of nitrogens with one attached hydrogen (secondary N) is 1. The topological polar surface area (TPSA) is 77.2 Å². The monoisotopic (exact) mass is 371 g/mol. The van der Waals surface area contributed by atoms with Crippen molar-refractivity contribution < 1.29 is 13.9 Å². The van der Waals surface area contributed by atoms with Crippen molar-refractivity contribution in [2.24, 2.45) is 0 Å². The molecule has 2 heterocycles. The summed E-state index contributed by atoms with van der Waals surface area (Å²) in [6.45, 7) is 3.60. The Morgan fingerprint density at radius 2 is 2.04 bits per heavy atom. The molecule has 0 aliphatic carbocycles. The van der Waals surface area contributed by atoms with Crippen LogP contribution in [-0.2, 0) is 6.42 Å². The van der Waals surface area contributed by atoms with E-state index in [9.17, 15) is 9.18 Å². The number of halogens is 1. The van der Waals surface area contributed by atoms with E-state index >= 15 is 0 Å². The zero-order chi connectivity index (χ0) is 18.7. The SMILES string of the molecule is CCc1ccsc1Oc1ccc(NC(=O)c2cc(C)c(F)nc2N)cc1. The van der Waals surface area contributed by atoms with Gasteiger partial charge in [-0.1, -0.05) is 6.92 Å². The van der Waals surface area contributed by atoms with Gasteiger partial charge in [-0.25, -0.2) is 4.98 Å². The van der Waals surface area contributed by atoms with Crippen molar-refractivity contribution in [2.75, 3.05) is 11.1 Å². The van der Waals surface area contributed by atoms with Crippen molar-refractivity contribution in [2.45, 2.75) is 20.3 Å². The van der Waals surface area contributed by atoms with Crippen LogP contribution in [0, 0.1) is 12.9 Å². The fourth-order valence-electron chi connectivity index (χ4n) is 2.37. The lowest BCUT2D eigenvalue weighted by Crippen LogP contribution is -2.16. The number of aryl methyl sites for hydroxylation is 2. The van der Waals surface area contributed by atoms with Gasteiger partial charge in [0, 0.05) is 16.8 Å². The van der Waals surface area contributed by atoms with Crippen LogP contribution in [0.5, 0.6) is 10.8 Å². The Labute approximate surface area is 154 Å². The Morgan fingerprint density at radius 1 is 1.31 bits per heavy atom. The molecule has 0 spiro atoms. The molecule has 0 saturated heterocycles. The van der Waals surface area contributed by atoms with Gasteiger partial charge in [0.2, 0.25) is 5.95 Å². The van der Waals surface area contributed by atoms with E-state index in [0.29, 0.717) is 11.4 Å². The second-order valence-electron chi connectivity index (χ2n) is 5.70. The number of thiophene rings is 1. The fourth-order valence-corrected chi connectivity index (χ4v) is 3.24. The highest BCUT2D eigenvalue weighted by atomic mass is 32.1. The maximum atomic E-state index is 13.4. The molecule has 0 bridgehead atoms. The quantitative estimate of drug-likeness (QED) is 0.633. The molecule has 0 unspecified atom stereocenters. The van der Waals surface area contributed by atoms with Crippen LogP contribution >= 0.6 is 11.3 Å². The summed E-state index contributed by atoms with van der Waals surface area (Å²) in [7, 11) is 0. The highest BCUT2D eigenvalue weighted by Gasteiger charge is 2.14. The molecule has 5 nitrogen and oxygen atoms in total. The number of pyridine rings is 1. The summed E-state index contributed by atoms with van der Waals surface area (Å²) < 4.78 is 19.2. The van der Waals surface area contributed by atoms with Crippen LogP contribution in [0.2, 0.25) is 0 Å². The average Bonchev–Trinajstić information content (AvgIpc) is 3.07. The first-order valence-corrected chi connectivity index (χ1v) is 8.94. The number of nitrogen functional groups attached to an aromatic ring is 1. The second kappa shape index (κ2) is 7.53. The van der Waals surface area contributed by atoms with E-state index in [-0.39, 0.29) is 16.9 Å². The molecule has 0 fully saturated rings. The molecule has 3 rings (SSSR count). The first-order valence-electron chi connectivity index (χ1n) is 8.06. The summed E-state index contributed by atoms with van der Waals surface area (Å²) in [4.78, 5) is 15.9. The smallest absolute Gasteiger partial charge is 0.259 e. The molecule has 3 N–H and O–H groups in total. The third-order valence-electron chi connectivity index (χ3n) is 3.84. The minimum atomic E-state index is -0.680. The number of hydrogen-bond acceptors (Lipinski definition) is 5. The van der Waals surface area contributed by atoms with Crippen LogP contribution in [0.1, 0.15) is 28.4 Å². The molecule has 1 aromatic carbocycles. The van der Waals surface area contributed by atoms with Gasteiger partial charge in [0.15, 0.2) is 5.06 Å². The standard InChI is InChI=1S/C19H18FN3O2S/c1-3-12-8-9-26-19(12)25-14-6-4-13(5-7-14)22-18(24)15-10-11(2)16(20)23-17(15)21/h4-10H,3H2,1-2H3,(H2,21,23)(H,22,24). The number of aromatic nitrogens is 1. The van der Waals surface area contributed by atoms with E-state index in [4.69, 9.17) is 10.5 Å². The van der Waals surface area contributed by atoms with Gasteiger partial charge in [0.05, 0.1) is 5.56 Å². The Bertz CT molecular complexity index is 938. The highest BCUT2D eigenvalue weighted by molar-refractivity contribution is 7.12. The van der Waals surface area contributed by atoms with Gasteiger partial charge in [0.25, 0.3) is 5.91 Å². The van der Waals surface area contributed by atoms with Gasteiger partial charge in [-0.3, -0.25) is 4.79 Å². The van der Waals surface area contributed by atoms with Gasteiger partial charge in [0.1, 0.15) is 11.6 Å². The highest BCUT2D eigenvalue weighted by Crippen LogP contribution is 2.32. The number of nitrogens with two attached hydrogens (primary N) is 1. The predicted octanol–water partition coefficient (Wildman–Crippen LogP) is 4.78. The Kier molecular flexibility index (Phi) is 5.18. The van der Waals surface area contributed by atoms with E-state index in [1.807, 2.05) is 11.4 Å². The third kappa shape index (κ3) is 3.83. The van der Waals surface area contributed by atoms with Gasteiger partial charge in [-0.05, 0) is 55.1 Å². The normalized spacial score (nSPS) is 10.6. The minimum Gasteiger partial charge on any atom is -0.446 e. The number of carbonyl (C=O) groups excluding carboxylic acids is 1. The van der Waals surface area contributed by atoms with Crippen LogP contribution in [-0.4, -0.2) is 10.9 Å². The van der Waals surface area contributed by atoms with Crippen LogP contribution in [0.15, 0.2) is 41.8 Å². The molecular formula is C19H18FN3O2S. The largest absolute Gasteiger partial charge is 0.446 e. The lowest BCUT2D eigenvalue weighted by Gasteiger charge is -2.10. The third-order valence-corrected chi connectivity index (χ3v) is 4.67. The van der Waals surface area contributed by atoms with Gasteiger partial charge in [-0.2, -0.15) is 4.39 Å². The van der Waals surface area contributed by atoms with E-state index in [1.54, 1.807) is 35.6 Å². The van der Waals surface area contributed by atoms with Gasteiger partial charge >= 0.3 is 0 Å². The van der Waals surface area contributed by atoms with Gasteiger partial charge in [-0.15, -0.1) is 11.3 Å².